The number of halogens is 1. The first-order valence-corrected chi connectivity index (χ1v) is 7.12. The van der Waals surface area contributed by atoms with E-state index in [1.165, 1.54) is 0 Å². The number of rotatable bonds is 6. The average Bonchev–Trinajstić information content (AvgIpc) is 2.34. The summed E-state index contributed by atoms with van der Waals surface area (Å²) in [7, 11) is 0. The van der Waals surface area contributed by atoms with Crippen molar-refractivity contribution in [2.45, 2.75) is 39.8 Å². The van der Waals surface area contributed by atoms with Crippen molar-refractivity contribution in [1.82, 2.24) is 10.6 Å². The molecule has 1 aromatic carbocycles. The fourth-order valence-electron chi connectivity index (χ4n) is 1.53. The molecule has 4 nitrogen and oxygen atoms in total. The van der Waals surface area contributed by atoms with Crippen LogP contribution in [0.15, 0.2) is 18.2 Å². The molecule has 0 heterocycles. The number of carbonyl (C=O) groups is 1. The van der Waals surface area contributed by atoms with E-state index in [0.717, 1.165) is 12.1 Å². The van der Waals surface area contributed by atoms with E-state index in [1.807, 2.05) is 19.1 Å². The maximum atomic E-state index is 11.3. The van der Waals surface area contributed by atoms with E-state index in [4.69, 9.17) is 16.3 Å². The second-order valence-electron chi connectivity index (χ2n) is 5.61. The van der Waals surface area contributed by atoms with Gasteiger partial charge in [-0.2, -0.15) is 0 Å². The van der Waals surface area contributed by atoms with Gasteiger partial charge in [0.1, 0.15) is 5.75 Å². The first-order chi connectivity index (χ1) is 9.31. The van der Waals surface area contributed by atoms with Gasteiger partial charge in [-0.15, -0.1) is 0 Å². The summed E-state index contributed by atoms with van der Waals surface area (Å²) >= 11 is 6.16. The highest BCUT2D eigenvalue weighted by molar-refractivity contribution is 6.32. The summed E-state index contributed by atoms with van der Waals surface area (Å²) in [4.78, 5) is 11.3. The van der Waals surface area contributed by atoms with Gasteiger partial charge in [0.15, 0.2) is 6.61 Å². The lowest BCUT2D eigenvalue weighted by Gasteiger charge is -2.20. The van der Waals surface area contributed by atoms with Crippen LogP contribution in [0.4, 0.5) is 0 Å². The summed E-state index contributed by atoms with van der Waals surface area (Å²) < 4.78 is 5.39. The Morgan fingerprint density at radius 2 is 2.05 bits per heavy atom. The molecule has 1 amide bonds. The van der Waals surface area contributed by atoms with Crippen LogP contribution < -0.4 is 15.4 Å². The third kappa shape index (κ3) is 6.26. The summed E-state index contributed by atoms with van der Waals surface area (Å²) in [6, 6.07) is 5.59. The van der Waals surface area contributed by atoms with Gasteiger partial charge in [-0.25, -0.2) is 0 Å². The highest BCUT2D eigenvalue weighted by Crippen LogP contribution is 2.25. The Labute approximate surface area is 125 Å². The summed E-state index contributed by atoms with van der Waals surface area (Å²) in [6.45, 7) is 9.50. The third-order valence-corrected chi connectivity index (χ3v) is 2.85. The summed E-state index contributed by atoms with van der Waals surface area (Å²) in [5.41, 5.74) is 1.13. The second kappa shape index (κ2) is 7.50. The van der Waals surface area contributed by atoms with Crippen LogP contribution in [0.1, 0.15) is 33.3 Å². The molecule has 1 aromatic rings. The van der Waals surface area contributed by atoms with Crippen molar-refractivity contribution in [3.8, 4) is 5.75 Å². The number of carbonyl (C=O) groups excluding carboxylic acids is 1. The van der Waals surface area contributed by atoms with E-state index < -0.39 is 0 Å². The highest BCUT2D eigenvalue weighted by Gasteiger charge is 2.10. The largest absolute Gasteiger partial charge is 0.482 e. The lowest BCUT2D eigenvalue weighted by Crippen LogP contribution is -2.35. The molecule has 0 spiro atoms. The van der Waals surface area contributed by atoms with E-state index in [2.05, 4.69) is 31.4 Å². The topological polar surface area (TPSA) is 50.4 Å². The molecule has 2 N–H and O–H groups in total. The van der Waals surface area contributed by atoms with Crippen molar-refractivity contribution in [1.29, 1.82) is 0 Å². The minimum absolute atomic E-state index is 0.0207. The second-order valence-corrected chi connectivity index (χ2v) is 6.02. The van der Waals surface area contributed by atoms with Gasteiger partial charge in [0.25, 0.3) is 5.91 Å². The maximum Gasteiger partial charge on any atom is 0.257 e. The number of benzene rings is 1. The SMILES string of the molecule is CCNC(=O)COc1ccc(CNC(C)(C)C)cc1Cl. The van der Waals surface area contributed by atoms with Crippen LogP contribution in [0.5, 0.6) is 5.75 Å². The van der Waals surface area contributed by atoms with Crippen LogP contribution in [-0.4, -0.2) is 24.6 Å². The van der Waals surface area contributed by atoms with Crippen LogP contribution in [0.2, 0.25) is 5.02 Å². The molecule has 0 aliphatic carbocycles. The van der Waals surface area contributed by atoms with Crippen LogP contribution >= 0.6 is 11.6 Å². The Morgan fingerprint density at radius 3 is 2.60 bits per heavy atom. The number of likely N-dealkylation sites (N-methyl/N-ethyl adjacent to an activating group) is 1. The molecule has 0 unspecified atom stereocenters. The molecule has 0 atom stereocenters. The Kier molecular flexibility index (Phi) is 6.30. The Bertz CT molecular complexity index is 456. The lowest BCUT2D eigenvalue weighted by molar-refractivity contribution is -0.122. The molecule has 0 fully saturated rings. The zero-order chi connectivity index (χ0) is 15.2. The monoisotopic (exact) mass is 298 g/mol. The zero-order valence-corrected chi connectivity index (χ0v) is 13.3. The molecule has 5 heteroatoms. The first kappa shape index (κ1) is 16.8. The van der Waals surface area contributed by atoms with Gasteiger partial charge in [0.05, 0.1) is 5.02 Å². The molecule has 112 valence electrons. The smallest absolute Gasteiger partial charge is 0.257 e. The van der Waals surface area contributed by atoms with Crippen molar-refractivity contribution in [3.05, 3.63) is 28.8 Å². The van der Waals surface area contributed by atoms with Gasteiger partial charge in [-0.3, -0.25) is 4.79 Å². The van der Waals surface area contributed by atoms with Crippen LogP contribution in [0.25, 0.3) is 0 Å². The highest BCUT2D eigenvalue weighted by atomic mass is 35.5. The number of hydrogen-bond donors (Lipinski definition) is 2. The number of hydrogen-bond acceptors (Lipinski definition) is 3. The van der Waals surface area contributed by atoms with E-state index in [0.29, 0.717) is 17.3 Å². The number of nitrogens with one attached hydrogen (secondary N) is 2. The van der Waals surface area contributed by atoms with E-state index >= 15 is 0 Å². The average molecular weight is 299 g/mol. The van der Waals surface area contributed by atoms with E-state index in [1.54, 1.807) is 6.07 Å². The van der Waals surface area contributed by atoms with Gasteiger partial charge < -0.3 is 15.4 Å². The van der Waals surface area contributed by atoms with Crippen LogP contribution in [-0.2, 0) is 11.3 Å². The van der Waals surface area contributed by atoms with Crippen molar-refractivity contribution < 1.29 is 9.53 Å². The molecule has 0 radical (unpaired) electrons. The predicted octanol–water partition coefficient (Wildman–Crippen LogP) is 2.74. The summed E-state index contributed by atoms with van der Waals surface area (Å²) in [5.74, 6) is 0.375. The minimum Gasteiger partial charge on any atom is -0.482 e. The van der Waals surface area contributed by atoms with Gasteiger partial charge in [-0.05, 0) is 45.4 Å². The molecule has 1 rings (SSSR count). The predicted molar refractivity (Wildman–Crippen MR) is 82.2 cm³/mol. The quantitative estimate of drug-likeness (QED) is 0.849. The Morgan fingerprint density at radius 1 is 1.35 bits per heavy atom. The molecular weight excluding hydrogens is 276 g/mol. The molecule has 0 bridgehead atoms. The molecule has 0 aliphatic heterocycles. The molecule has 0 saturated carbocycles. The van der Waals surface area contributed by atoms with Gasteiger partial charge in [-0.1, -0.05) is 17.7 Å². The Balaban J connectivity index is 2.57. The lowest BCUT2D eigenvalue weighted by atomic mass is 10.1. The van der Waals surface area contributed by atoms with Crippen LogP contribution in [0.3, 0.4) is 0 Å². The summed E-state index contributed by atoms with van der Waals surface area (Å²) in [5, 5.41) is 6.57. The van der Waals surface area contributed by atoms with E-state index in [-0.39, 0.29) is 18.1 Å². The first-order valence-electron chi connectivity index (χ1n) is 6.75. The van der Waals surface area contributed by atoms with Crippen molar-refractivity contribution in [3.63, 3.8) is 0 Å². The molecule has 0 aliphatic rings. The number of ether oxygens (including phenoxy) is 1. The Hall–Kier alpha value is -1.26. The fourth-order valence-corrected chi connectivity index (χ4v) is 1.79. The van der Waals surface area contributed by atoms with Gasteiger partial charge in [0.2, 0.25) is 0 Å². The van der Waals surface area contributed by atoms with Gasteiger partial charge >= 0.3 is 0 Å². The third-order valence-electron chi connectivity index (χ3n) is 2.55. The van der Waals surface area contributed by atoms with Gasteiger partial charge in [0, 0.05) is 18.6 Å². The van der Waals surface area contributed by atoms with Crippen LogP contribution in [0, 0.1) is 0 Å². The standard InChI is InChI=1S/C15H23ClN2O2/c1-5-17-14(19)10-20-13-7-6-11(8-12(13)16)9-18-15(2,3)4/h6-8,18H,5,9-10H2,1-4H3,(H,17,19). The normalized spacial score (nSPS) is 11.2. The molecular formula is C15H23ClN2O2. The van der Waals surface area contributed by atoms with Crippen molar-refractivity contribution in [2.24, 2.45) is 0 Å². The van der Waals surface area contributed by atoms with Crippen molar-refractivity contribution >= 4 is 17.5 Å². The molecule has 0 saturated heterocycles. The summed E-state index contributed by atoms with van der Waals surface area (Å²) in [6.07, 6.45) is 0. The zero-order valence-electron chi connectivity index (χ0n) is 12.5. The van der Waals surface area contributed by atoms with E-state index in [9.17, 15) is 4.79 Å². The molecule has 20 heavy (non-hydrogen) atoms. The number of amides is 1. The maximum absolute atomic E-state index is 11.3. The fraction of sp³-hybridized carbons (Fsp3) is 0.533. The van der Waals surface area contributed by atoms with Crippen molar-refractivity contribution in [2.75, 3.05) is 13.2 Å². The molecule has 0 aromatic heterocycles. The minimum atomic E-state index is -0.151.